The number of aliphatic hydroxyl groups is 1. The molecule has 108 valence electrons. The Bertz CT molecular complexity index is 531. The Kier molecular flexibility index (Phi) is 3.30. The van der Waals surface area contributed by atoms with Crippen molar-refractivity contribution in [2.24, 2.45) is 11.8 Å². The molecule has 1 aliphatic carbocycles. The van der Waals surface area contributed by atoms with Gasteiger partial charge in [-0.1, -0.05) is 0 Å². The van der Waals surface area contributed by atoms with Gasteiger partial charge in [-0.2, -0.15) is 0 Å². The molecule has 3 atom stereocenters. The number of methoxy groups -OCH3 is 1. The van der Waals surface area contributed by atoms with E-state index in [1.807, 2.05) is 0 Å². The van der Waals surface area contributed by atoms with Gasteiger partial charge in [0.2, 0.25) is 0 Å². The molecule has 0 bridgehead atoms. The Morgan fingerprint density at radius 1 is 1.35 bits per heavy atom. The molecular weight excluding hydrogens is 258 g/mol. The van der Waals surface area contributed by atoms with Crippen molar-refractivity contribution in [3.05, 3.63) is 23.8 Å². The fourth-order valence-electron chi connectivity index (χ4n) is 3.41. The number of benzene rings is 1. The zero-order valence-electron chi connectivity index (χ0n) is 11.5. The monoisotopic (exact) mass is 277 g/mol. The van der Waals surface area contributed by atoms with Crippen molar-refractivity contribution in [1.29, 1.82) is 0 Å². The summed E-state index contributed by atoms with van der Waals surface area (Å²) in [6.07, 6.45) is 1.56. The molecular formula is C15H19NO4. The van der Waals surface area contributed by atoms with Crippen LogP contribution in [0, 0.1) is 11.8 Å². The van der Waals surface area contributed by atoms with Crippen molar-refractivity contribution in [1.82, 2.24) is 4.90 Å². The second-order valence-electron chi connectivity index (χ2n) is 5.67. The maximum absolute atomic E-state index is 12.4. The van der Waals surface area contributed by atoms with E-state index in [4.69, 9.17) is 4.74 Å². The van der Waals surface area contributed by atoms with Gasteiger partial charge in [0.1, 0.15) is 0 Å². The van der Waals surface area contributed by atoms with E-state index in [1.54, 1.807) is 17.0 Å². The number of fused-ring (bicyclic) bond motifs is 1. The van der Waals surface area contributed by atoms with Gasteiger partial charge in [0.25, 0.3) is 5.91 Å². The molecule has 1 amide bonds. The number of amides is 1. The lowest BCUT2D eigenvalue weighted by molar-refractivity contribution is 0.0752. The normalized spacial score (nSPS) is 28.5. The van der Waals surface area contributed by atoms with Gasteiger partial charge in [-0.3, -0.25) is 4.79 Å². The lowest BCUT2D eigenvalue weighted by Crippen LogP contribution is -2.31. The molecule has 5 heteroatoms. The first-order chi connectivity index (χ1) is 9.60. The third-order valence-electron chi connectivity index (χ3n) is 4.53. The molecule has 1 aromatic carbocycles. The second-order valence-corrected chi connectivity index (χ2v) is 5.67. The first-order valence-electron chi connectivity index (χ1n) is 6.94. The topological polar surface area (TPSA) is 70.0 Å². The van der Waals surface area contributed by atoms with E-state index in [0.717, 1.165) is 12.8 Å². The maximum atomic E-state index is 12.4. The Balaban J connectivity index is 1.75. The number of aromatic hydroxyl groups is 1. The van der Waals surface area contributed by atoms with Gasteiger partial charge in [-0.05, 0) is 37.0 Å². The van der Waals surface area contributed by atoms with Crippen LogP contribution in [0.5, 0.6) is 11.5 Å². The summed E-state index contributed by atoms with van der Waals surface area (Å²) in [5.74, 6) is 0.865. The molecule has 2 aliphatic rings. The molecule has 1 heterocycles. The number of phenols is 1. The van der Waals surface area contributed by atoms with Crippen LogP contribution < -0.4 is 4.74 Å². The van der Waals surface area contributed by atoms with Crippen LogP contribution in [0.4, 0.5) is 0 Å². The average Bonchev–Trinajstić information content (AvgIpc) is 3.00. The number of carbonyl (C=O) groups excluding carboxylic acids is 1. The van der Waals surface area contributed by atoms with E-state index in [0.29, 0.717) is 30.3 Å². The number of likely N-dealkylation sites (tertiary alicyclic amines) is 1. The Morgan fingerprint density at radius 3 is 2.80 bits per heavy atom. The van der Waals surface area contributed by atoms with E-state index in [-0.39, 0.29) is 23.7 Å². The summed E-state index contributed by atoms with van der Waals surface area (Å²) < 4.78 is 4.97. The second kappa shape index (κ2) is 4.98. The predicted molar refractivity (Wildman–Crippen MR) is 72.8 cm³/mol. The first kappa shape index (κ1) is 13.2. The minimum absolute atomic E-state index is 0.0298. The largest absolute Gasteiger partial charge is 0.504 e. The van der Waals surface area contributed by atoms with Crippen molar-refractivity contribution in [3.8, 4) is 11.5 Å². The highest BCUT2D eigenvalue weighted by atomic mass is 16.5. The minimum Gasteiger partial charge on any atom is -0.504 e. The highest BCUT2D eigenvalue weighted by molar-refractivity contribution is 5.95. The zero-order chi connectivity index (χ0) is 14.3. The Hall–Kier alpha value is -1.75. The third kappa shape index (κ3) is 2.12. The fourth-order valence-corrected chi connectivity index (χ4v) is 3.41. The molecule has 3 rings (SSSR count). The summed E-state index contributed by atoms with van der Waals surface area (Å²) in [4.78, 5) is 14.2. The van der Waals surface area contributed by atoms with Crippen molar-refractivity contribution >= 4 is 5.91 Å². The Morgan fingerprint density at radius 2 is 2.15 bits per heavy atom. The molecule has 0 radical (unpaired) electrons. The van der Waals surface area contributed by atoms with Crippen LogP contribution in [0.25, 0.3) is 0 Å². The highest BCUT2D eigenvalue weighted by Crippen LogP contribution is 2.38. The van der Waals surface area contributed by atoms with E-state index in [1.165, 1.54) is 13.2 Å². The van der Waals surface area contributed by atoms with Crippen LogP contribution in [0.3, 0.4) is 0 Å². The summed E-state index contributed by atoms with van der Waals surface area (Å²) in [7, 11) is 1.47. The quantitative estimate of drug-likeness (QED) is 0.853. The van der Waals surface area contributed by atoms with Gasteiger partial charge < -0.3 is 19.8 Å². The number of rotatable bonds is 2. The lowest BCUT2D eigenvalue weighted by atomic mass is 10.00. The van der Waals surface area contributed by atoms with Crippen molar-refractivity contribution in [2.45, 2.75) is 18.9 Å². The third-order valence-corrected chi connectivity index (χ3v) is 4.53. The van der Waals surface area contributed by atoms with Crippen molar-refractivity contribution in [2.75, 3.05) is 20.2 Å². The maximum Gasteiger partial charge on any atom is 0.254 e. The molecule has 1 aromatic rings. The van der Waals surface area contributed by atoms with E-state index >= 15 is 0 Å². The summed E-state index contributed by atoms with van der Waals surface area (Å²) in [6.45, 7) is 1.31. The van der Waals surface area contributed by atoms with Crippen LogP contribution in [0.1, 0.15) is 23.2 Å². The molecule has 0 aromatic heterocycles. The van der Waals surface area contributed by atoms with Gasteiger partial charge in [0.05, 0.1) is 13.2 Å². The molecule has 1 saturated carbocycles. The molecule has 2 N–H and O–H groups in total. The minimum atomic E-state index is -0.276. The van der Waals surface area contributed by atoms with Gasteiger partial charge in [0, 0.05) is 24.6 Å². The summed E-state index contributed by atoms with van der Waals surface area (Å²) in [6, 6.07) is 4.69. The molecule has 5 nitrogen and oxygen atoms in total. The van der Waals surface area contributed by atoms with E-state index < -0.39 is 0 Å². The number of hydrogen-bond acceptors (Lipinski definition) is 4. The van der Waals surface area contributed by atoms with Gasteiger partial charge in [0.15, 0.2) is 11.5 Å². The smallest absolute Gasteiger partial charge is 0.254 e. The van der Waals surface area contributed by atoms with Crippen LogP contribution >= 0.6 is 0 Å². The number of phenolic OH excluding ortho intramolecular Hbond substituents is 1. The summed E-state index contributed by atoms with van der Waals surface area (Å²) in [5.41, 5.74) is 0.456. The summed E-state index contributed by atoms with van der Waals surface area (Å²) >= 11 is 0. The van der Waals surface area contributed by atoms with Crippen LogP contribution in [0.15, 0.2) is 18.2 Å². The van der Waals surface area contributed by atoms with Crippen molar-refractivity contribution < 1.29 is 19.7 Å². The van der Waals surface area contributed by atoms with Gasteiger partial charge in [-0.25, -0.2) is 0 Å². The predicted octanol–water partition coefficient (Wildman–Crippen LogP) is 1.24. The molecule has 1 aliphatic heterocycles. The van der Waals surface area contributed by atoms with E-state index in [2.05, 4.69) is 0 Å². The number of ether oxygens (including phenoxy) is 1. The molecule has 1 saturated heterocycles. The molecule has 2 fully saturated rings. The van der Waals surface area contributed by atoms with Gasteiger partial charge >= 0.3 is 0 Å². The van der Waals surface area contributed by atoms with Crippen LogP contribution in [-0.4, -0.2) is 47.3 Å². The number of aliphatic hydroxyl groups excluding tert-OH is 1. The van der Waals surface area contributed by atoms with Gasteiger partial charge in [-0.15, -0.1) is 0 Å². The van der Waals surface area contributed by atoms with E-state index in [9.17, 15) is 15.0 Å². The number of nitrogens with zero attached hydrogens (tertiary/aromatic N) is 1. The average molecular weight is 277 g/mol. The lowest BCUT2D eigenvalue weighted by Gasteiger charge is -2.18. The fraction of sp³-hybridized carbons (Fsp3) is 0.533. The molecule has 20 heavy (non-hydrogen) atoms. The highest BCUT2D eigenvalue weighted by Gasteiger charge is 2.43. The Labute approximate surface area is 117 Å². The molecule has 0 spiro atoms. The number of carbonyl (C=O) groups is 1. The number of hydrogen-bond donors (Lipinski definition) is 2. The zero-order valence-corrected chi connectivity index (χ0v) is 11.5. The molecule has 3 unspecified atom stereocenters. The standard InChI is InChI=1S/C15H19NO4/c1-20-14-5-3-9(6-13(14)18)15(19)16-7-10-2-4-12(17)11(10)8-16/h3,5-6,10-12,17-18H,2,4,7-8H2,1H3. The van der Waals surface area contributed by atoms with Crippen molar-refractivity contribution in [3.63, 3.8) is 0 Å². The van der Waals surface area contributed by atoms with Crippen LogP contribution in [0.2, 0.25) is 0 Å². The first-order valence-corrected chi connectivity index (χ1v) is 6.94. The summed E-state index contributed by atoms with van der Waals surface area (Å²) in [5, 5.41) is 19.6. The SMILES string of the molecule is COc1ccc(C(=O)N2CC3CCC(O)C3C2)cc1O. The van der Waals surface area contributed by atoms with Crippen LogP contribution in [-0.2, 0) is 0 Å².